The maximum absolute atomic E-state index is 17.5. The summed E-state index contributed by atoms with van der Waals surface area (Å²) in [6.45, 7) is 12.1. The van der Waals surface area contributed by atoms with E-state index in [9.17, 15) is 24.0 Å². The number of nitrogens with one attached hydrogen (secondary N) is 1. The Morgan fingerprint density at radius 3 is 2.39 bits per heavy atom. The van der Waals surface area contributed by atoms with Crippen LogP contribution in [0.15, 0.2) is 59.5 Å². The number of hydrogen-bond acceptors (Lipinski definition) is 15. The zero-order valence-electron chi connectivity index (χ0n) is 49.9. The lowest BCUT2D eigenvalue weighted by Gasteiger charge is -2.42. The van der Waals surface area contributed by atoms with E-state index in [-0.39, 0.29) is 96.0 Å². The van der Waals surface area contributed by atoms with Crippen molar-refractivity contribution in [3.8, 4) is 29.6 Å². The molecule has 87 heavy (non-hydrogen) atoms. The fraction of sp³-hybridized carbons (Fsp3) is 0.538. The van der Waals surface area contributed by atoms with Gasteiger partial charge >= 0.3 is 23.9 Å². The van der Waals surface area contributed by atoms with Crippen molar-refractivity contribution in [1.82, 2.24) is 49.0 Å². The van der Waals surface area contributed by atoms with Gasteiger partial charge in [0.25, 0.3) is 0 Å². The summed E-state index contributed by atoms with van der Waals surface area (Å²) < 4.78 is 60.8. The monoisotopic (exact) mass is 1190 g/mol. The topological polar surface area (TPSA) is 199 Å². The minimum absolute atomic E-state index is 0.00132. The lowest BCUT2D eigenvalue weighted by molar-refractivity contribution is -0.135. The van der Waals surface area contributed by atoms with Crippen molar-refractivity contribution in [2.75, 3.05) is 70.5 Å². The Bertz CT molecular complexity index is 3790. The summed E-state index contributed by atoms with van der Waals surface area (Å²) in [5.41, 5.74) is 1.50. The molecule has 5 atom stereocenters. The number of imide groups is 1. The van der Waals surface area contributed by atoms with Crippen LogP contribution in [-0.2, 0) is 37.4 Å². The molecule has 1 N–H and O–H groups in total. The van der Waals surface area contributed by atoms with Crippen LogP contribution in [0.4, 0.5) is 24.2 Å². The number of ether oxygens (including phenoxy) is 4. The first-order chi connectivity index (χ1) is 41.9. The van der Waals surface area contributed by atoms with E-state index in [4.69, 9.17) is 35.3 Å². The van der Waals surface area contributed by atoms with E-state index in [2.05, 4.69) is 30.9 Å². The minimum Gasteiger partial charge on any atom is -0.461 e. The second-order valence-electron chi connectivity index (χ2n) is 26.0. The summed E-state index contributed by atoms with van der Waals surface area (Å²) in [4.78, 5) is 89.8. The number of anilines is 1. The third kappa shape index (κ3) is 11.2. The maximum Gasteiger partial charge on any atom is 0.410 e. The summed E-state index contributed by atoms with van der Waals surface area (Å²) in [5, 5.41) is 3.75. The van der Waals surface area contributed by atoms with E-state index in [1.54, 1.807) is 47.0 Å². The van der Waals surface area contributed by atoms with E-state index in [0.717, 1.165) is 101 Å². The van der Waals surface area contributed by atoms with Crippen LogP contribution in [-0.4, -0.2) is 169 Å². The Balaban J connectivity index is 0.618. The molecule has 7 aliphatic rings. The first-order valence-corrected chi connectivity index (χ1v) is 30.9. The number of benzene rings is 3. The Morgan fingerprint density at radius 2 is 1.64 bits per heavy atom. The van der Waals surface area contributed by atoms with Crippen LogP contribution < -0.4 is 20.6 Å². The average Bonchev–Trinajstić information content (AvgIpc) is 1.84. The van der Waals surface area contributed by atoms with Crippen molar-refractivity contribution < 1.29 is 46.9 Å². The van der Waals surface area contributed by atoms with Crippen molar-refractivity contribution in [3.63, 3.8) is 0 Å². The molecule has 7 aliphatic heterocycles. The van der Waals surface area contributed by atoms with Gasteiger partial charge in [-0.2, -0.15) is 9.97 Å². The molecule has 3 aromatic carbocycles. The number of pyridine rings is 1. The van der Waals surface area contributed by atoms with E-state index in [1.807, 2.05) is 43.9 Å². The Kier molecular flexibility index (Phi) is 15.7. The van der Waals surface area contributed by atoms with Gasteiger partial charge in [-0.25, -0.2) is 23.2 Å². The van der Waals surface area contributed by atoms with Gasteiger partial charge in [0, 0.05) is 76.0 Å². The second kappa shape index (κ2) is 23.4. The van der Waals surface area contributed by atoms with Crippen LogP contribution in [0.1, 0.15) is 115 Å². The summed E-state index contributed by atoms with van der Waals surface area (Å²) in [6, 6.07) is 13.0. The molecule has 3 unspecified atom stereocenters. The number of nitrogens with zero attached hydrogens (tertiary/aromatic N) is 10. The van der Waals surface area contributed by atoms with Gasteiger partial charge in [-0.05, 0) is 146 Å². The van der Waals surface area contributed by atoms with Crippen molar-refractivity contribution in [2.45, 2.75) is 146 Å². The first kappa shape index (κ1) is 58.3. The zero-order valence-corrected chi connectivity index (χ0v) is 49.9. The molecule has 0 aliphatic carbocycles. The van der Waals surface area contributed by atoms with Crippen molar-refractivity contribution in [1.29, 1.82) is 0 Å². The largest absolute Gasteiger partial charge is 0.461 e. The van der Waals surface area contributed by atoms with Crippen LogP contribution in [0.25, 0.3) is 44.0 Å². The highest BCUT2D eigenvalue weighted by atomic mass is 19.1. The van der Waals surface area contributed by atoms with Gasteiger partial charge in [0.2, 0.25) is 11.8 Å². The number of halogens is 2. The molecule has 2 bridgehead atoms. The number of rotatable bonds is 13. The van der Waals surface area contributed by atoms with Gasteiger partial charge in [0.1, 0.15) is 47.7 Å². The molecule has 3 aromatic heterocycles. The van der Waals surface area contributed by atoms with E-state index in [1.165, 1.54) is 10.6 Å². The number of carbonyl (C=O) groups is 4. The molecule has 20 nitrogen and oxygen atoms in total. The predicted molar refractivity (Wildman–Crippen MR) is 321 cm³/mol. The number of terminal acetylenes is 1. The van der Waals surface area contributed by atoms with Crippen LogP contribution in [0, 0.1) is 29.9 Å². The molecule has 22 heteroatoms. The quantitative estimate of drug-likeness (QED) is 0.0856. The summed E-state index contributed by atoms with van der Waals surface area (Å²) in [7, 11) is 1.72. The summed E-state index contributed by atoms with van der Waals surface area (Å²) in [6.07, 6.45) is 15.7. The maximum atomic E-state index is 17.5. The Morgan fingerprint density at radius 1 is 0.862 bits per heavy atom. The van der Waals surface area contributed by atoms with Gasteiger partial charge in [0.15, 0.2) is 5.82 Å². The molecular formula is C65H75F2N11O9. The highest BCUT2D eigenvalue weighted by Gasteiger charge is 2.51. The highest BCUT2D eigenvalue weighted by Crippen LogP contribution is 2.44. The number of aromatic nitrogens is 5. The molecule has 7 saturated heterocycles. The smallest absolute Gasteiger partial charge is 0.410 e. The van der Waals surface area contributed by atoms with Gasteiger partial charge in [-0.15, -0.1) is 6.42 Å². The van der Waals surface area contributed by atoms with Crippen molar-refractivity contribution in [2.24, 2.45) is 13.0 Å². The number of amides is 4. The molecule has 458 valence electrons. The number of imidazole rings is 1. The third-order valence-corrected chi connectivity index (χ3v) is 19.4. The average molecular weight is 1190 g/mol. The number of likely N-dealkylation sites (tertiary alicyclic amines) is 2. The molecular weight excluding hydrogens is 1120 g/mol. The normalized spacial score (nSPS) is 24.1. The standard InChI is InChI=1S/C65H75F2N11O9/c1-6-46-49(66)15-12-41-9-7-10-47(54(41)46)56-55(67)57-48(32-68-56)58(75-34-42-13-14-43(35-75)77(42)63(83)87-64(2,3)4)71-60(70-57)86-38-65-24-8-26-76(65)44(19-25-65)37-85-62(82)74-29-22-45(23-30-74)84-36-39-20-27-73(28-21-39)33-40-11-16-50-52(31-40)72(5)61(81)78(50)51-17-18-53(79)69-59(51)80/h1,7,9-12,15-16,31-32,39,42-45,51H,8,13-14,17-30,33-38H2,2-5H3,(H,69,79,80)/t42?,43?,44-,51?,65-/m0/s1. The number of piperidine rings is 3. The number of hydrogen-bond donors (Lipinski definition) is 1. The molecule has 6 aromatic rings. The molecule has 0 saturated carbocycles. The molecule has 10 heterocycles. The number of piperazine rings is 1. The van der Waals surface area contributed by atoms with Crippen LogP contribution in [0.2, 0.25) is 0 Å². The highest BCUT2D eigenvalue weighted by molar-refractivity contribution is 6.02. The predicted octanol–water partition coefficient (Wildman–Crippen LogP) is 8.23. The van der Waals surface area contributed by atoms with Crippen molar-refractivity contribution in [3.05, 3.63) is 88.0 Å². The van der Waals surface area contributed by atoms with Crippen LogP contribution in [0.5, 0.6) is 6.01 Å². The lowest BCUT2D eigenvalue weighted by Crippen LogP contribution is -2.57. The zero-order chi connectivity index (χ0) is 60.5. The second-order valence-corrected chi connectivity index (χ2v) is 26.0. The summed E-state index contributed by atoms with van der Waals surface area (Å²) in [5.74, 6) is 1.25. The SMILES string of the molecule is C#Cc1c(F)ccc2cccc(-c3ncc4c(N5CC6CCC(C5)N6C(=O)OC(C)(C)C)nc(OC[C@@]56CCCN5[C@H](COC(=O)N5CCC(OCC7CCN(Cc8ccc9c(c8)n(C)c(=O)n9C8CCC(=O)NC8=O)CC7)CC5)CC6)nc4c3F)c12. The summed E-state index contributed by atoms with van der Waals surface area (Å²) >= 11 is 0. The Hall–Kier alpha value is -7.74. The number of carbonyl (C=O) groups excluding carboxylic acids is 4. The molecule has 7 fully saturated rings. The van der Waals surface area contributed by atoms with Crippen LogP contribution >= 0.6 is 0 Å². The minimum atomic E-state index is -0.728. The van der Waals surface area contributed by atoms with Crippen LogP contribution in [0.3, 0.4) is 0 Å². The third-order valence-electron chi connectivity index (χ3n) is 19.4. The number of aryl methyl sites for hydroxylation is 1. The fourth-order valence-corrected chi connectivity index (χ4v) is 14.9. The fourth-order valence-electron chi connectivity index (χ4n) is 14.9. The first-order valence-electron chi connectivity index (χ1n) is 30.9. The van der Waals surface area contributed by atoms with Gasteiger partial charge < -0.3 is 28.7 Å². The Labute approximate surface area is 503 Å². The van der Waals surface area contributed by atoms with Crippen molar-refractivity contribution >= 4 is 62.5 Å². The number of fused-ring (bicyclic) bond motifs is 6. The lowest BCUT2D eigenvalue weighted by atomic mass is 9.95. The van der Waals surface area contributed by atoms with E-state index >= 15 is 8.78 Å². The van der Waals surface area contributed by atoms with Gasteiger partial charge in [0.05, 0.1) is 45.7 Å². The van der Waals surface area contributed by atoms with E-state index in [0.29, 0.717) is 78.2 Å². The molecule has 0 spiro atoms. The van der Waals surface area contributed by atoms with E-state index < -0.39 is 29.2 Å². The molecule has 0 radical (unpaired) electrons. The van der Waals surface area contributed by atoms with Gasteiger partial charge in [-0.1, -0.05) is 36.3 Å². The molecule has 4 amide bonds. The molecule has 13 rings (SSSR count). The van der Waals surface area contributed by atoms with Gasteiger partial charge in [-0.3, -0.25) is 43.7 Å².